The van der Waals surface area contributed by atoms with E-state index in [0.717, 1.165) is 41.3 Å². The molecule has 4 fully saturated rings. The van der Waals surface area contributed by atoms with E-state index < -0.39 is 0 Å². The van der Waals surface area contributed by atoms with Crippen molar-refractivity contribution in [1.82, 2.24) is 0 Å². The van der Waals surface area contributed by atoms with Crippen molar-refractivity contribution in [2.45, 2.75) is 82.6 Å². The topological polar surface area (TPSA) is 20.2 Å². The number of halogens is 1. The predicted molar refractivity (Wildman–Crippen MR) is 90.4 cm³/mol. The summed E-state index contributed by atoms with van der Waals surface area (Å²) in [6.07, 6.45) is 12.0. The fourth-order valence-corrected chi connectivity index (χ4v) is 8.00. The Hall–Kier alpha value is 0.440. The minimum atomic E-state index is -0.00751. The molecule has 1 N–H and O–H groups in total. The van der Waals surface area contributed by atoms with E-state index >= 15 is 0 Å². The molecule has 0 bridgehead atoms. The van der Waals surface area contributed by atoms with Crippen LogP contribution in [0, 0.1) is 34.5 Å². The first-order valence-corrected chi connectivity index (χ1v) is 10.2. The van der Waals surface area contributed by atoms with E-state index in [1.54, 1.807) is 0 Å². The van der Waals surface area contributed by atoms with Crippen LogP contribution in [0.5, 0.6) is 0 Å². The summed E-state index contributed by atoms with van der Waals surface area (Å²) in [5, 5.41) is 10.1. The summed E-state index contributed by atoms with van der Waals surface area (Å²) in [5.41, 5.74) is 1.10. The Balaban J connectivity index is 1.62. The van der Waals surface area contributed by atoms with Gasteiger partial charge in [-0.05, 0) is 92.3 Å². The Kier molecular flexibility index (Phi) is 3.55. The first-order valence-electron chi connectivity index (χ1n) is 9.27. The molecule has 5 unspecified atom stereocenters. The summed E-state index contributed by atoms with van der Waals surface area (Å²) < 4.78 is 0. The van der Waals surface area contributed by atoms with Crippen LogP contribution >= 0.6 is 15.9 Å². The Labute approximate surface area is 138 Å². The first-order chi connectivity index (χ1) is 9.95. The summed E-state index contributed by atoms with van der Waals surface area (Å²) in [5.74, 6) is 3.68. The third-order valence-electron chi connectivity index (χ3n) is 8.52. The van der Waals surface area contributed by atoms with Gasteiger partial charge in [-0.25, -0.2) is 0 Å². The average Bonchev–Trinajstić information content (AvgIpc) is 2.76. The number of aliphatic hydroxyl groups is 1. The second-order valence-corrected chi connectivity index (χ2v) is 10.3. The third kappa shape index (κ3) is 2.04. The van der Waals surface area contributed by atoms with Gasteiger partial charge in [0.25, 0.3) is 0 Å². The Morgan fingerprint density at radius 2 is 1.57 bits per heavy atom. The molecular weight excluding hydrogens is 324 g/mol. The monoisotopic (exact) mass is 354 g/mol. The zero-order valence-electron chi connectivity index (χ0n) is 13.7. The molecule has 0 amide bonds. The predicted octanol–water partition coefficient (Wildman–Crippen LogP) is 5.15. The molecule has 0 saturated heterocycles. The highest BCUT2D eigenvalue weighted by molar-refractivity contribution is 9.09. The summed E-state index contributed by atoms with van der Waals surface area (Å²) in [6, 6.07) is 0. The lowest BCUT2D eigenvalue weighted by Gasteiger charge is -2.60. The van der Waals surface area contributed by atoms with Crippen molar-refractivity contribution in [1.29, 1.82) is 0 Å². The van der Waals surface area contributed by atoms with Crippen molar-refractivity contribution in [3.63, 3.8) is 0 Å². The molecule has 2 heteroatoms. The lowest BCUT2D eigenvalue weighted by atomic mass is 9.45. The van der Waals surface area contributed by atoms with Gasteiger partial charge >= 0.3 is 0 Å². The molecule has 4 aliphatic rings. The van der Waals surface area contributed by atoms with Gasteiger partial charge in [0, 0.05) is 4.83 Å². The number of fused-ring (bicyclic) bond motifs is 5. The van der Waals surface area contributed by atoms with Gasteiger partial charge < -0.3 is 5.11 Å². The molecule has 0 radical (unpaired) electrons. The molecule has 8 atom stereocenters. The van der Waals surface area contributed by atoms with Crippen LogP contribution in [0.15, 0.2) is 0 Å². The molecule has 0 aromatic rings. The second kappa shape index (κ2) is 4.97. The maximum absolute atomic E-state index is 10.1. The molecule has 0 aromatic heterocycles. The Morgan fingerprint density at radius 1 is 0.857 bits per heavy atom. The van der Waals surface area contributed by atoms with Gasteiger partial charge in [-0.1, -0.05) is 29.8 Å². The molecule has 0 heterocycles. The van der Waals surface area contributed by atoms with Crippen molar-refractivity contribution in [2.75, 3.05) is 0 Å². The molecular formula is C19H31BrO. The lowest BCUT2D eigenvalue weighted by Crippen LogP contribution is -2.54. The highest BCUT2D eigenvalue weighted by Crippen LogP contribution is 2.67. The van der Waals surface area contributed by atoms with Gasteiger partial charge in [0.2, 0.25) is 0 Å². The molecule has 4 rings (SSSR count). The standard InChI is InChI=1S/C19H31BrO/c1-18-9-7-13(21)11-12(18)3-4-14-15-5-6-17(20)19(15,2)10-8-16(14)18/h12-17,21H,3-11H2,1-2H3/t12?,13-,14?,15?,16?,17?,18-,19-/m0/s1. The zero-order chi connectivity index (χ0) is 14.8. The maximum Gasteiger partial charge on any atom is 0.0543 e. The fraction of sp³-hybridized carbons (Fsp3) is 1.00. The fourth-order valence-electron chi connectivity index (χ4n) is 7.17. The minimum absolute atomic E-state index is 0.00751. The van der Waals surface area contributed by atoms with Gasteiger partial charge in [-0.2, -0.15) is 0 Å². The number of alkyl halides is 1. The summed E-state index contributed by atoms with van der Waals surface area (Å²) in [6.45, 7) is 5.16. The van der Waals surface area contributed by atoms with Gasteiger partial charge in [-0.15, -0.1) is 0 Å². The molecule has 4 aliphatic carbocycles. The normalized spacial score (nSPS) is 60.0. The number of hydrogen-bond donors (Lipinski definition) is 1. The van der Waals surface area contributed by atoms with Crippen LogP contribution in [0.1, 0.15) is 71.6 Å². The van der Waals surface area contributed by atoms with E-state index in [9.17, 15) is 5.11 Å². The third-order valence-corrected chi connectivity index (χ3v) is 10.0. The quantitative estimate of drug-likeness (QED) is 0.596. The van der Waals surface area contributed by atoms with E-state index in [2.05, 4.69) is 29.8 Å². The molecule has 0 spiro atoms. The van der Waals surface area contributed by atoms with Crippen LogP contribution in [0.2, 0.25) is 0 Å². The van der Waals surface area contributed by atoms with Crippen LogP contribution in [-0.4, -0.2) is 16.0 Å². The second-order valence-electron chi connectivity index (χ2n) is 9.17. The Morgan fingerprint density at radius 3 is 2.38 bits per heavy atom. The molecule has 21 heavy (non-hydrogen) atoms. The zero-order valence-corrected chi connectivity index (χ0v) is 15.2. The van der Waals surface area contributed by atoms with Crippen molar-refractivity contribution in [3.05, 3.63) is 0 Å². The van der Waals surface area contributed by atoms with E-state index in [1.165, 1.54) is 44.9 Å². The van der Waals surface area contributed by atoms with Gasteiger partial charge in [-0.3, -0.25) is 0 Å². The average molecular weight is 355 g/mol. The first kappa shape index (κ1) is 15.0. The van der Waals surface area contributed by atoms with E-state index in [4.69, 9.17) is 0 Å². The van der Waals surface area contributed by atoms with Crippen LogP contribution in [0.3, 0.4) is 0 Å². The van der Waals surface area contributed by atoms with E-state index in [0.29, 0.717) is 10.8 Å². The minimum Gasteiger partial charge on any atom is -0.393 e. The van der Waals surface area contributed by atoms with Crippen LogP contribution in [0.25, 0.3) is 0 Å². The van der Waals surface area contributed by atoms with Crippen molar-refractivity contribution >= 4 is 15.9 Å². The molecule has 4 saturated carbocycles. The van der Waals surface area contributed by atoms with Crippen molar-refractivity contribution in [3.8, 4) is 0 Å². The number of aliphatic hydroxyl groups excluding tert-OH is 1. The molecule has 0 aliphatic heterocycles. The number of rotatable bonds is 0. The van der Waals surface area contributed by atoms with Gasteiger partial charge in [0.05, 0.1) is 6.10 Å². The summed E-state index contributed by atoms with van der Waals surface area (Å²) >= 11 is 4.01. The molecule has 1 nitrogen and oxygen atoms in total. The van der Waals surface area contributed by atoms with Crippen LogP contribution in [-0.2, 0) is 0 Å². The highest BCUT2D eigenvalue weighted by atomic mass is 79.9. The van der Waals surface area contributed by atoms with Crippen molar-refractivity contribution in [2.24, 2.45) is 34.5 Å². The van der Waals surface area contributed by atoms with Crippen LogP contribution < -0.4 is 0 Å². The van der Waals surface area contributed by atoms with Crippen LogP contribution in [0.4, 0.5) is 0 Å². The highest BCUT2D eigenvalue weighted by Gasteiger charge is 2.59. The molecule has 120 valence electrons. The SMILES string of the molecule is C[C@]12CC[C@H](O)CC1CCC1C2CC[C@]2(C)C(Br)CCC12. The number of hydrogen-bond acceptors (Lipinski definition) is 1. The van der Waals surface area contributed by atoms with Gasteiger partial charge in [0.1, 0.15) is 0 Å². The van der Waals surface area contributed by atoms with Crippen molar-refractivity contribution < 1.29 is 5.11 Å². The smallest absolute Gasteiger partial charge is 0.0543 e. The summed E-state index contributed by atoms with van der Waals surface area (Å²) in [7, 11) is 0. The summed E-state index contributed by atoms with van der Waals surface area (Å²) in [4.78, 5) is 0.759. The maximum atomic E-state index is 10.1. The van der Waals surface area contributed by atoms with E-state index in [-0.39, 0.29) is 6.10 Å². The lowest BCUT2D eigenvalue weighted by molar-refractivity contribution is -0.120. The largest absolute Gasteiger partial charge is 0.393 e. The van der Waals surface area contributed by atoms with E-state index in [1.807, 2.05) is 0 Å². The Bertz CT molecular complexity index is 424. The molecule has 0 aromatic carbocycles. The van der Waals surface area contributed by atoms with Gasteiger partial charge in [0.15, 0.2) is 0 Å².